The van der Waals surface area contributed by atoms with Crippen molar-refractivity contribution in [1.82, 2.24) is 0 Å². The smallest absolute Gasteiger partial charge is 0.0462 e. The number of hydrogen-bond acceptors (Lipinski definition) is 1. The topological polar surface area (TPSA) is 20.2 Å². The fraction of sp³-hybridized carbons (Fsp3) is 0.500. The van der Waals surface area contributed by atoms with Crippen LogP contribution in [0.3, 0.4) is 0 Å². The Morgan fingerprint density at radius 3 is 1.24 bits per heavy atom. The molecular weight excluding hydrogens is 304 g/mol. The molecule has 0 fully saturated rings. The molecule has 0 aromatic carbocycles. The third-order valence-electron chi connectivity index (χ3n) is 3.90. The van der Waals surface area contributed by atoms with E-state index in [1.54, 1.807) is 0 Å². The van der Waals surface area contributed by atoms with Gasteiger partial charge in [-0.2, -0.15) is 0 Å². The SMILES string of the molecule is CCC=CCC=CCC=CCC=CCC=CCC=CCC(CC)CO. The number of aliphatic hydroxyl groups excluding tert-OH is 1. The highest BCUT2D eigenvalue weighted by Gasteiger charge is 1.99. The lowest BCUT2D eigenvalue weighted by molar-refractivity contribution is 0.224. The minimum atomic E-state index is 0.294. The molecule has 0 saturated carbocycles. The Kier molecular flexibility index (Phi) is 19.1. The van der Waals surface area contributed by atoms with Gasteiger partial charge in [0.15, 0.2) is 0 Å². The summed E-state index contributed by atoms with van der Waals surface area (Å²) in [6.07, 6.45) is 34.7. The van der Waals surface area contributed by atoms with Crippen molar-refractivity contribution in [3.05, 3.63) is 72.9 Å². The van der Waals surface area contributed by atoms with Gasteiger partial charge in [0.2, 0.25) is 0 Å². The monoisotopic (exact) mass is 342 g/mol. The van der Waals surface area contributed by atoms with Crippen molar-refractivity contribution in [1.29, 1.82) is 0 Å². The minimum absolute atomic E-state index is 0.294. The molecule has 0 spiro atoms. The van der Waals surface area contributed by atoms with Gasteiger partial charge in [-0.25, -0.2) is 0 Å². The molecule has 0 aromatic heterocycles. The second kappa shape index (κ2) is 20.4. The van der Waals surface area contributed by atoms with E-state index < -0.39 is 0 Å². The summed E-state index contributed by atoms with van der Waals surface area (Å²) in [4.78, 5) is 0. The number of allylic oxidation sites excluding steroid dienone is 12. The molecule has 0 bridgehead atoms. The first-order valence-corrected chi connectivity index (χ1v) is 9.85. The largest absolute Gasteiger partial charge is 0.396 e. The summed E-state index contributed by atoms with van der Waals surface area (Å²) in [6.45, 7) is 4.58. The molecule has 0 saturated heterocycles. The van der Waals surface area contributed by atoms with Gasteiger partial charge >= 0.3 is 0 Å². The Morgan fingerprint density at radius 1 is 0.560 bits per heavy atom. The number of aliphatic hydroxyl groups is 1. The quantitative estimate of drug-likeness (QED) is 0.315. The summed E-state index contributed by atoms with van der Waals surface area (Å²) < 4.78 is 0. The van der Waals surface area contributed by atoms with Crippen LogP contribution in [-0.2, 0) is 0 Å². The van der Waals surface area contributed by atoms with Crippen LogP contribution in [-0.4, -0.2) is 11.7 Å². The summed E-state index contributed by atoms with van der Waals surface area (Å²) in [7, 11) is 0. The molecule has 0 aromatic rings. The van der Waals surface area contributed by atoms with Crippen molar-refractivity contribution in [3.8, 4) is 0 Å². The maximum Gasteiger partial charge on any atom is 0.0462 e. The van der Waals surface area contributed by atoms with Gasteiger partial charge in [0.25, 0.3) is 0 Å². The number of hydrogen-bond donors (Lipinski definition) is 1. The van der Waals surface area contributed by atoms with Crippen LogP contribution in [0.2, 0.25) is 0 Å². The summed E-state index contributed by atoms with van der Waals surface area (Å²) in [6, 6.07) is 0. The van der Waals surface area contributed by atoms with E-state index in [0.29, 0.717) is 12.5 Å². The molecule has 0 radical (unpaired) electrons. The van der Waals surface area contributed by atoms with Crippen molar-refractivity contribution >= 4 is 0 Å². The Labute approximate surface area is 156 Å². The molecule has 0 aliphatic heterocycles. The van der Waals surface area contributed by atoms with E-state index in [1.807, 2.05) is 0 Å². The van der Waals surface area contributed by atoms with E-state index in [0.717, 1.165) is 51.4 Å². The zero-order valence-electron chi connectivity index (χ0n) is 16.3. The predicted octanol–water partition coefficient (Wildman–Crippen LogP) is 7.09. The molecule has 25 heavy (non-hydrogen) atoms. The molecule has 0 heterocycles. The average molecular weight is 343 g/mol. The van der Waals surface area contributed by atoms with Gasteiger partial charge in [-0.3, -0.25) is 0 Å². The van der Waals surface area contributed by atoms with Crippen LogP contribution in [0.1, 0.15) is 65.2 Å². The third-order valence-corrected chi connectivity index (χ3v) is 3.90. The summed E-state index contributed by atoms with van der Waals surface area (Å²) >= 11 is 0. The summed E-state index contributed by atoms with van der Waals surface area (Å²) in [5.41, 5.74) is 0. The van der Waals surface area contributed by atoms with Gasteiger partial charge in [-0.05, 0) is 50.9 Å². The summed E-state index contributed by atoms with van der Waals surface area (Å²) in [5, 5.41) is 9.10. The Morgan fingerprint density at radius 2 is 0.920 bits per heavy atom. The lowest BCUT2D eigenvalue weighted by Gasteiger charge is -2.06. The molecule has 1 unspecified atom stereocenters. The van der Waals surface area contributed by atoms with Crippen molar-refractivity contribution in [2.24, 2.45) is 5.92 Å². The lowest BCUT2D eigenvalue weighted by Crippen LogP contribution is -2.02. The third kappa shape index (κ3) is 18.6. The highest BCUT2D eigenvalue weighted by atomic mass is 16.3. The van der Waals surface area contributed by atoms with Crippen molar-refractivity contribution in [2.75, 3.05) is 6.61 Å². The van der Waals surface area contributed by atoms with Gasteiger partial charge in [0, 0.05) is 6.61 Å². The predicted molar refractivity (Wildman–Crippen MR) is 114 cm³/mol. The first kappa shape index (κ1) is 23.4. The summed E-state index contributed by atoms with van der Waals surface area (Å²) in [5.74, 6) is 0.421. The van der Waals surface area contributed by atoms with Crippen LogP contribution in [0.15, 0.2) is 72.9 Å². The molecule has 0 aliphatic rings. The zero-order chi connectivity index (χ0) is 18.4. The first-order valence-electron chi connectivity index (χ1n) is 9.85. The standard InChI is InChI=1S/C24H38O/c1-3-5-6-7-8-9-10-11-12-13-14-15-16-17-18-19-20-21-22-24(4-2)23-25/h5-6,8-9,11-12,14-15,17-18,20-21,24-25H,3-4,7,10,13,16,19,22-23H2,1-2H3. The lowest BCUT2D eigenvalue weighted by atomic mass is 10.0. The van der Waals surface area contributed by atoms with Gasteiger partial charge in [-0.1, -0.05) is 93.2 Å². The molecule has 1 N–H and O–H groups in total. The van der Waals surface area contributed by atoms with Crippen LogP contribution in [0.5, 0.6) is 0 Å². The maximum atomic E-state index is 9.10. The Hall–Kier alpha value is -1.60. The Bertz CT molecular complexity index is 431. The van der Waals surface area contributed by atoms with E-state index in [1.165, 1.54) is 0 Å². The molecule has 0 aliphatic carbocycles. The molecule has 1 heteroatoms. The van der Waals surface area contributed by atoms with Crippen LogP contribution in [0, 0.1) is 5.92 Å². The van der Waals surface area contributed by atoms with Gasteiger partial charge in [-0.15, -0.1) is 0 Å². The maximum absolute atomic E-state index is 9.10. The zero-order valence-corrected chi connectivity index (χ0v) is 16.3. The second-order valence-electron chi connectivity index (χ2n) is 6.11. The van der Waals surface area contributed by atoms with Gasteiger partial charge in [0.05, 0.1) is 0 Å². The highest BCUT2D eigenvalue weighted by molar-refractivity contribution is 5.01. The first-order chi connectivity index (χ1) is 12.3. The fourth-order valence-corrected chi connectivity index (χ4v) is 2.18. The fourth-order valence-electron chi connectivity index (χ4n) is 2.18. The molecule has 0 rings (SSSR count). The normalized spacial score (nSPS) is 14.5. The number of rotatable bonds is 15. The van der Waals surface area contributed by atoms with Crippen LogP contribution in [0.25, 0.3) is 0 Å². The molecule has 1 atom stereocenters. The highest BCUT2D eigenvalue weighted by Crippen LogP contribution is 2.07. The Balaban J connectivity index is 3.57. The van der Waals surface area contributed by atoms with Crippen molar-refractivity contribution in [3.63, 3.8) is 0 Å². The van der Waals surface area contributed by atoms with E-state index in [4.69, 9.17) is 5.11 Å². The minimum Gasteiger partial charge on any atom is -0.396 e. The molecule has 0 amide bonds. The average Bonchev–Trinajstić information content (AvgIpc) is 2.64. The van der Waals surface area contributed by atoms with Crippen LogP contribution < -0.4 is 0 Å². The van der Waals surface area contributed by atoms with Crippen LogP contribution >= 0.6 is 0 Å². The van der Waals surface area contributed by atoms with E-state index in [9.17, 15) is 0 Å². The van der Waals surface area contributed by atoms with Gasteiger partial charge < -0.3 is 5.11 Å². The van der Waals surface area contributed by atoms with E-state index in [-0.39, 0.29) is 0 Å². The van der Waals surface area contributed by atoms with Crippen molar-refractivity contribution in [2.45, 2.75) is 65.2 Å². The van der Waals surface area contributed by atoms with Gasteiger partial charge in [0.1, 0.15) is 0 Å². The molecule has 140 valence electrons. The second-order valence-corrected chi connectivity index (χ2v) is 6.11. The molecular formula is C24H38O. The van der Waals surface area contributed by atoms with E-state index >= 15 is 0 Å². The molecule has 1 nitrogen and oxygen atoms in total. The van der Waals surface area contributed by atoms with Crippen molar-refractivity contribution < 1.29 is 5.11 Å². The van der Waals surface area contributed by atoms with E-state index in [2.05, 4.69) is 86.8 Å². The van der Waals surface area contributed by atoms with Crippen LogP contribution in [0.4, 0.5) is 0 Å².